The van der Waals surface area contributed by atoms with Crippen molar-refractivity contribution in [3.05, 3.63) is 70.6 Å². The maximum Gasteiger partial charge on any atom is 0.258 e. The minimum absolute atomic E-state index is 0.183. The highest BCUT2D eigenvalue weighted by Gasteiger charge is 2.31. The average molecular weight is 692 g/mol. The van der Waals surface area contributed by atoms with E-state index in [-0.39, 0.29) is 5.56 Å². The van der Waals surface area contributed by atoms with Gasteiger partial charge in [-0.15, -0.1) is 11.3 Å². The molecular formula is C36H55FN3O5PS. The van der Waals surface area contributed by atoms with Crippen molar-refractivity contribution in [3.63, 3.8) is 0 Å². The minimum Gasteiger partial charge on any atom is -0.365 e. The van der Waals surface area contributed by atoms with Gasteiger partial charge >= 0.3 is 0 Å². The first kappa shape index (κ1) is 42.3. The lowest BCUT2D eigenvalue weighted by molar-refractivity contribution is -0.122. The van der Waals surface area contributed by atoms with Gasteiger partial charge < -0.3 is 30.1 Å². The molecule has 8 nitrogen and oxygen atoms in total. The Labute approximate surface area is 286 Å². The summed E-state index contributed by atoms with van der Waals surface area (Å²) in [4.78, 5) is 53.3. The molecule has 3 aliphatic rings. The summed E-state index contributed by atoms with van der Waals surface area (Å²) in [6.07, 6.45) is 8.02. The molecule has 2 aliphatic heterocycles. The van der Waals surface area contributed by atoms with Gasteiger partial charge in [0.05, 0.1) is 4.88 Å². The minimum atomic E-state index is -2.65. The summed E-state index contributed by atoms with van der Waals surface area (Å²) < 4.78 is 14.2. The second-order valence-electron chi connectivity index (χ2n) is 11.3. The highest BCUT2D eigenvalue weighted by atomic mass is 32.1. The molecule has 3 unspecified atom stereocenters. The number of carbonyl (C=O) groups excluding carboxylic acids is 3. The summed E-state index contributed by atoms with van der Waals surface area (Å²) in [5.41, 5.74) is 6.67. The first-order valence-electron chi connectivity index (χ1n) is 16.6. The van der Waals surface area contributed by atoms with Crippen LogP contribution in [0.2, 0.25) is 0 Å². The van der Waals surface area contributed by atoms with Crippen LogP contribution in [0.25, 0.3) is 10.1 Å². The summed E-state index contributed by atoms with van der Waals surface area (Å²) in [6.45, 7) is 14.6. The summed E-state index contributed by atoms with van der Waals surface area (Å²) in [6, 6.07) is 16.5. The van der Waals surface area contributed by atoms with Gasteiger partial charge in [0, 0.05) is 30.1 Å². The zero-order valence-corrected chi connectivity index (χ0v) is 30.6. The van der Waals surface area contributed by atoms with Crippen molar-refractivity contribution in [2.45, 2.75) is 78.6 Å². The van der Waals surface area contributed by atoms with Crippen LogP contribution in [0, 0.1) is 11.8 Å². The molecule has 4 N–H and O–H groups in total. The van der Waals surface area contributed by atoms with Gasteiger partial charge in [0.25, 0.3) is 5.91 Å². The molecule has 0 bridgehead atoms. The van der Waals surface area contributed by atoms with Gasteiger partial charge in [-0.1, -0.05) is 71.0 Å². The van der Waals surface area contributed by atoms with Gasteiger partial charge in [-0.2, -0.15) is 0 Å². The molecule has 1 saturated carbocycles. The number of carbonyl (C=O) groups is 3. The Morgan fingerprint density at radius 2 is 1.64 bits per heavy atom. The first-order chi connectivity index (χ1) is 22.6. The van der Waals surface area contributed by atoms with Gasteiger partial charge in [0.2, 0.25) is 14.8 Å². The number of halogens is 1. The number of fused-ring (bicyclic) bond motifs is 1. The zero-order valence-electron chi connectivity index (χ0n) is 28.8. The molecule has 3 aromatic rings. The third-order valence-corrected chi connectivity index (χ3v) is 9.69. The SMILES string of the molecule is CC.CC.CC1CC1CCC=O.CN1CCCC1.NC(=O)c1cc2cc(C(F)P(O)O)ccc2s1.O=CN1CC(c2ccccc2)C1. The predicted octanol–water partition coefficient (Wildman–Crippen LogP) is 7.89. The van der Waals surface area contributed by atoms with Crippen LogP contribution in [0.3, 0.4) is 0 Å². The molecule has 262 valence electrons. The highest BCUT2D eigenvalue weighted by Crippen LogP contribution is 2.45. The van der Waals surface area contributed by atoms with E-state index in [1.165, 1.54) is 61.4 Å². The molecule has 3 heterocycles. The normalized spacial score (nSPS) is 18.6. The highest BCUT2D eigenvalue weighted by molar-refractivity contribution is 7.45. The van der Waals surface area contributed by atoms with Crippen LogP contribution < -0.4 is 5.73 Å². The maximum atomic E-state index is 13.4. The van der Waals surface area contributed by atoms with Crippen LogP contribution in [0.5, 0.6) is 0 Å². The summed E-state index contributed by atoms with van der Waals surface area (Å²) >= 11 is 1.22. The number of aldehydes is 1. The number of nitrogens with two attached hydrogens (primary N) is 1. The van der Waals surface area contributed by atoms with Crippen LogP contribution in [0.4, 0.5) is 4.39 Å². The molecule has 0 spiro atoms. The lowest BCUT2D eigenvalue weighted by atomic mass is 9.92. The molecule has 1 aliphatic carbocycles. The second-order valence-corrected chi connectivity index (χ2v) is 13.5. The molecular weight excluding hydrogens is 636 g/mol. The molecule has 11 heteroatoms. The Hall–Kier alpha value is -2.75. The van der Waals surface area contributed by atoms with Crippen molar-refractivity contribution in [2.75, 3.05) is 33.2 Å². The van der Waals surface area contributed by atoms with E-state index >= 15 is 0 Å². The Balaban J connectivity index is 0.000000321. The van der Waals surface area contributed by atoms with Crippen molar-refractivity contribution in [3.8, 4) is 0 Å². The van der Waals surface area contributed by atoms with Gasteiger partial charge in [0.1, 0.15) is 6.29 Å². The number of thiophene rings is 1. The fourth-order valence-corrected chi connectivity index (χ4v) is 6.28. The van der Waals surface area contributed by atoms with Crippen molar-refractivity contribution in [1.82, 2.24) is 9.80 Å². The molecule has 2 amide bonds. The molecule has 47 heavy (non-hydrogen) atoms. The number of nitrogens with zero attached hydrogens (tertiary/aromatic N) is 2. The Bertz CT molecular complexity index is 1300. The lowest BCUT2D eigenvalue weighted by Crippen LogP contribution is -2.43. The van der Waals surface area contributed by atoms with E-state index in [0.717, 1.165) is 55.2 Å². The first-order valence-corrected chi connectivity index (χ1v) is 18.8. The fourth-order valence-electron chi connectivity index (χ4n) is 4.96. The number of benzene rings is 2. The van der Waals surface area contributed by atoms with Crippen LogP contribution in [0.1, 0.15) is 99.4 Å². The Morgan fingerprint density at radius 3 is 2.09 bits per heavy atom. The van der Waals surface area contributed by atoms with Crippen LogP contribution in [-0.2, 0) is 9.59 Å². The van der Waals surface area contributed by atoms with Crippen molar-refractivity contribution < 1.29 is 28.6 Å². The van der Waals surface area contributed by atoms with Crippen molar-refractivity contribution >= 4 is 48.4 Å². The maximum absolute atomic E-state index is 13.4. The quantitative estimate of drug-likeness (QED) is 0.163. The molecule has 2 aromatic carbocycles. The standard InChI is InChI=1S/C10H9FNO3PS.C10H11NO.C7H12O.C5H11N.2C2H6/c11-9(16(14)15)5-1-2-7-6(3-5)4-8(17-7)10(12)13;12-8-11-6-10(7-11)9-4-2-1-3-5-9;1-6-5-7(6)3-2-4-8;1-6-4-2-3-5-6;2*1-2/h1-4,9,14-15H,(H2,12,13);1-5,8,10H,6-7H2;4,6-7H,2-3,5H2,1H3;2-5H2,1H3;2*1-2H3. The van der Waals surface area contributed by atoms with Gasteiger partial charge in [-0.25, -0.2) is 4.39 Å². The van der Waals surface area contributed by atoms with Gasteiger partial charge in [-0.05, 0) is 92.4 Å². The monoisotopic (exact) mass is 691 g/mol. The number of amides is 2. The van der Waals surface area contributed by atoms with Crippen molar-refractivity contribution in [1.29, 1.82) is 0 Å². The molecule has 0 radical (unpaired) electrons. The van der Waals surface area contributed by atoms with Crippen LogP contribution in [-0.4, -0.2) is 71.4 Å². The topological polar surface area (TPSA) is 124 Å². The zero-order chi connectivity index (χ0) is 35.4. The largest absolute Gasteiger partial charge is 0.365 e. The Kier molecular flexibility index (Phi) is 21.2. The van der Waals surface area contributed by atoms with Gasteiger partial charge in [-0.3, -0.25) is 9.59 Å². The van der Waals surface area contributed by atoms with E-state index in [1.54, 1.807) is 17.0 Å². The number of hydrogen-bond acceptors (Lipinski definition) is 7. The lowest BCUT2D eigenvalue weighted by Gasteiger charge is -2.36. The Morgan fingerprint density at radius 1 is 1.04 bits per heavy atom. The number of likely N-dealkylation sites (tertiary alicyclic amines) is 2. The number of rotatable bonds is 8. The van der Waals surface area contributed by atoms with Crippen LogP contribution in [0.15, 0.2) is 54.6 Å². The molecule has 2 saturated heterocycles. The molecule has 3 fully saturated rings. The second kappa shape index (κ2) is 23.6. The van der Waals surface area contributed by atoms with Crippen molar-refractivity contribution in [2.24, 2.45) is 17.6 Å². The average Bonchev–Trinajstić information content (AvgIpc) is 3.38. The van der Waals surface area contributed by atoms with E-state index in [0.29, 0.717) is 16.2 Å². The van der Waals surface area contributed by atoms with E-state index < -0.39 is 20.2 Å². The number of primary amides is 1. The smallest absolute Gasteiger partial charge is 0.258 e. The van der Waals surface area contributed by atoms with Gasteiger partial charge in [0.15, 0.2) is 5.91 Å². The van der Waals surface area contributed by atoms with E-state index in [4.69, 9.17) is 15.5 Å². The summed E-state index contributed by atoms with van der Waals surface area (Å²) in [5, 5.41) is 0.667. The van der Waals surface area contributed by atoms with E-state index in [1.807, 2.05) is 45.9 Å². The van der Waals surface area contributed by atoms with Crippen LogP contribution >= 0.6 is 19.7 Å². The number of alkyl halides is 1. The van der Waals surface area contributed by atoms with E-state index in [9.17, 15) is 18.8 Å². The summed E-state index contributed by atoms with van der Waals surface area (Å²) in [5.74, 6) is 0.0361. The molecule has 3 atom stereocenters. The fraction of sp³-hybridized carbons (Fsp3) is 0.528. The molecule has 6 rings (SSSR count). The third-order valence-electron chi connectivity index (χ3n) is 7.85. The molecule has 1 aromatic heterocycles. The summed E-state index contributed by atoms with van der Waals surface area (Å²) in [7, 11) is -0.480. The van der Waals surface area contributed by atoms with E-state index in [2.05, 4.69) is 31.0 Å². The predicted molar refractivity (Wildman–Crippen MR) is 194 cm³/mol. The third kappa shape index (κ3) is 15.3. The number of hydrogen-bond donors (Lipinski definition) is 3.